The number of nitrogens with zero attached hydrogens (tertiary/aromatic N) is 4. The lowest BCUT2D eigenvalue weighted by molar-refractivity contribution is -0.121. The number of nitrogens with one attached hydrogen (secondary N) is 1. The molecule has 0 aliphatic carbocycles. The lowest BCUT2D eigenvalue weighted by Crippen LogP contribution is -2.39. The zero-order valence-corrected chi connectivity index (χ0v) is 17.5. The largest absolute Gasteiger partial charge is 0.379 e. The summed E-state index contributed by atoms with van der Waals surface area (Å²) >= 11 is 0. The topological polar surface area (TPSA) is 89.3 Å². The van der Waals surface area contributed by atoms with Crippen molar-refractivity contribution in [2.75, 3.05) is 39.4 Å². The van der Waals surface area contributed by atoms with Crippen molar-refractivity contribution in [1.29, 1.82) is 0 Å². The molecule has 3 aromatic rings. The molecule has 0 atom stereocenters. The predicted molar refractivity (Wildman–Crippen MR) is 118 cm³/mol. The number of fused-ring (bicyclic) bond motifs is 1. The van der Waals surface area contributed by atoms with E-state index in [1.807, 2.05) is 30.3 Å². The van der Waals surface area contributed by atoms with Crippen molar-refractivity contribution in [3.63, 3.8) is 0 Å². The number of carbonyl (C=O) groups excluding carboxylic acids is 1. The number of ether oxygens (including phenoxy) is 1. The highest BCUT2D eigenvalue weighted by Gasteiger charge is 2.14. The van der Waals surface area contributed by atoms with Gasteiger partial charge in [-0.05, 0) is 36.7 Å². The van der Waals surface area contributed by atoms with Crippen LogP contribution >= 0.6 is 0 Å². The average molecular weight is 422 g/mol. The number of amides is 1. The summed E-state index contributed by atoms with van der Waals surface area (Å²) in [5, 5.41) is 8.83. The molecule has 0 spiro atoms. The van der Waals surface area contributed by atoms with E-state index >= 15 is 0 Å². The van der Waals surface area contributed by atoms with E-state index in [-0.39, 0.29) is 18.0 Å². The van der Waals surface area contributed by atoms with Crippen LogP contribution in [0.15, 0.2) is 53.6 Å². The Balaban J connectivity index is 1.43. The molecule has 0 saturated carbocycles. The SMILES string of the molecule is O=C(Cn1nc(Cc2ccncc2)c2ccccc2c1=O)NCCCN1CCOCC1. The Morgan fingerprint density at radius 2 is 1.81 bits per heavy atom. The van der Waals surface area contributed by atoms with Crippen molar-refractivity contribution in [3.8, 4) is 0 Å². The van der Waals surface area contributed by atoms with Gasteiger partial charge in [-0.15, -0.1) is 0 Å². The number of benzene rings is 1. The number of aromatic nitrogens is 3. The summed E-state index contributed by atoms with van der Waals surface area (Å²) in [6.07, 6.45) is 4.89. The lowest BCUT2D eigenvalue weighted by Gasteiger charge is -2.26. The smallest absolute Gasteiger partial charge is 0.275 e. The maximum atomic E-state index is 12.9. The standard InChI is InChI=1S/C23H27N5O3/c29-22(25-8-3-11-27-12-14-31-15-13-27)17-28-23(30)20-5-2-1-4-19(20)21(26-28)16-18-6-9-24-10-7-18/h1-2,4-7,9-10H,3,8,11-17H2,(H,25,29). The van der Waals surface area contributed by atoms with Crippen LogP contribution in [0, 0.1) is 0 Å². The second-order valence-corrected chi connectivity index (χ2v) is 7.64. The Bertz CT molecular complexity index is 1080. The zero-order chi connectivity index (χ0) is 21.5. The molecule has 8 nitrogen and oxygen atoms in total. The van der Waals surface area contributed by atoms with Gasteiger partial charge < -0.3 is 10.1 Å². The Hall–Kier alpha value is -3.10. The van der Waals surface area contributed by atoms with Crippen molar-refractivity contribution in [2.45, 2.75) is 19.4 Å². The summed E-state index contributed by atoms with van der Waals surface area (Å²) in [6.45, 7) is 4.81. The molecule has 4 rings (SSSR count). The first kappa shape index (κ1) is 21.1. The Labute approximate surface area is 180 Å². The zero-order valence-electron chi connectivity index (χ0n) is 17.5. The minimum atomic E-state index is -0.252. The molecule has 3 heterocycles. The normalized spacial score (nSPS) is 14.6. The fraction of sp³-hybridized carbons (Fsp3) is 0.391. The molecular formula is C23H27N5O3. The van der Waals surface area contributed by atoms with Crippen LogP contribution in [0.3, 0.4) is 0 Å². The minimum Gasteiger partial charge on any atom is -0.379 e. The molecule has 1 aliphatic rings. The van der Waals surface area contributed by atoms with Crippen LogP contribution in [0.1, 0.15) is 17.7 Å². The predicted octanol–water partition coefficient (Wildman–Crippen LogP) is 1.22. The molecule has 1 fully saturated rings. The van der Waals surface area contributed by atoms with Gasteiger partial charge in [0.1, 0.15) is 6.54 Å². The first-order valence-corrected chi connectivity index (χ1v) is 10.6. The van der Waals surface area contributed by atoms with E-state index in [0.717, 1.165) is 55.9 Å². The highest BCUT2D eigenvalue weighted by molar-refractivity contribution is 5.84. The summed E-state index contributed by atoms with van der Waals surface area (Å²) in [4.78, 5) is 31.7. The van der Waals surface area contributed by atoms with Gasteiger partial charge in [-0.1, -0.05) is 18.2 Å². The minimum absolute atomic E-state index is 0.0927. The van der Waals surface area contributed by atoms with Gasteiger partial charge >= 0.3 is 0 Å². The Kier molecular flexibility index (Phi) is 7.01. The van der Waals surface area contributed by atoms with Crippen molar-refractivity contribution in [3.05, 3.63) is 70.4 Å². The third-order valence-corrected chi connectivity index (χ3v) is 5.44. The first-order chi connectivity index (χ1) is 15.2. The van der Waals surface area contributed by atoms with E-state index in [4.69, 9.17) is 4.74 Å². The number of morpholine rings is 1. The van der Waals surface area contributed by atoms with Crippen LogP contribution in [-0.2, 0) is 22.5 Å². The van der Waals surface area contributed by atoms with Crippen LogP contribution in [0.5, 0.6) is 0 Å². The van der Waals surface area contributed by atoms with Crippen molar-refractivity contribution in [1.82, 2.24) is 25.0 Å². The van der Waals surface area contributed by atoms with Gasteiger partial charge in [-0.3, -0.25) is 19.5 Å². The number of pyridine rings is 1. The third kappa shape index (κ3) is 5.53. The highest BCUT2D eigenvalue weighted by Crippen LogP contribution is 2.16. The van der Waals surface area contributed by atoms with Crippen LogP contribution < -0.4 is 10.9 Å². The molecule has 31 heavy (non-hydrogen) atoms. The molecule has 1 aliphatic heterocycles. The van der Waals surface area contributed by atoms with Crippen LogP contribution in [-0.4, -0.2) is 65.0 Å². The molecule has 0 unspecified atom stereocenters. The van der Waals surface area contributed by atoms with Gasteiger partial charge in [0.15, 0.2) is 0 Å². The Morgan fingerprint density at radius 3 is 2.58 bits per heavy atom. The van der Waals surface area contributed by atoms with Crippen LogP contribution in [0.4, 0.5) is 0 Å². The molecule has 1 aromatic carbocycles. The van der Waals surface area contributed by atoms with E-state index in [1.165, 1.54) is 4.68 Å². The molecular weight excluding hydrogens is 394 g/mol. The fourth-order valence-corrected chi connectivity index (χ4v) is 3.78. The number of hydrogen-bond acceptors (Lipinski definition) is 6. The number of rotatable bonds is 8. The summed E-state index contributed by atoms with van der Waals surface area (Å²) < 4.78 is 6.62. The number of carbonyl (C=O) groups is 1. The van der Waals surface area contributed by atoms with Crippen molar-refractivity contribution in [2.24, 2.45) is 0 Å². The molecule has 0 radical (unpaired) electrons. The van der Waals surface area contributed by atoms with E-state index in [2.05, 4.69) is 20.3 Å². The number of hydrogen-bond donors (Lipinski definition) is 1. The van der Waals surface area contributed by atoms with Gasteiger partial charge in [0, 0.05) is 43.8 Å². The summed E-state index contributed by atoms with van der Waals surface area (Å²) in [5.41, 5.74) is 1.56. The second-order valence-electron chi connectivity index (χ2n) is 7.64. The molecule has 1 amide bonds. The van der Waals surface area contributed by atoms with Crippen molar-refractivity contribution >= 4 is 16.7 Å². The van der Waals surface area contributed by atoms with E-state index < -0.39 is 0 Å². The van der Waals surface area contributed by atoms with Gasteiger partial charge in [0.2, 0.25) is 5.91 Å². The quantitative estimate of drug-likeness (QED) is 0.550. The van der Waals surface area contributed by atoms with Gasteiger partial charge in [0.25, 0.3) is 5.56 Å². The van der Waals surface area contributed by atoms with Gasteiger partial charge in [-0.25, -0.2) is 4.68 Å². The molecule has 0 bridgehead atoms. The third-order valence-electron chi connectivity index (χ3n) is 5.44. The first-order valence-electron chi connectivity index (χ1n) is 10.6. The van der Waals surface area contributed by atoms with E-state index in [1.54, 1.807) is 18.5 Å². The maximum Gasteiger partial charge on any atom is 0.275 e. The summed E-state index contributed by atoms with van der Waals surface area (Å²) in [5.74, 6) is -0.207. The van der Waals surface area contributed by atoms with Crippen LogP contribution in [0.2, 0.25) is 0 Å². The highest BCUT2D eigenvalue weighted by atomic mass is 16.5. The van der Waals surface area contributed by atoms with E-state index in [9.17, 15) is 9.59 Å². The average Bonchev–Trinajstić information content (AvgIpc) is 2.81. The summed E-state index contributed by atoms with van der Waals surface area (Å²) in [7, 11) is 0. The molecule has 8 heteroatoms. The lowest BCUT2D eigenvalue weighted by atomic mass is 10.1. The fourth-order valence-electron chi connectivity index (χ4n) is 3.78. The molecule has 1 saturated heterocycles. The molecule has 1 N–H and O–H groups in total. The monoisotopic (exact) mass is 421 g/mol. The second kappa shape index (κ2) is 10.3. The maximum absolute atomic E-state index is 12.9. The van der Waals surface area contributed by atoms with Gasteiger partial charge in [0.05, 0.1) is 24.3 Å². The van der Waals surface area contributed by atoms with Gasteiger partial charge in [-0.2, -0.15) is 5.10 Å². The Morgan fingerprint density at radius 1 is 1.06 bits per heavy atom. The molecule has 162 valence electrons. The van der Waals surface area contributed by atoms with E-state index in [0.29, 0.717) is 18.4 Å². The summed E-state index contributed by atoms with van der Waals surface area (Å²) in [6, 6.07) is 11.3. The van der Waals surface area contributed by atoms with Crippen molar-refractivity contribution < 1.29 is 9.53 Å². The molecule has 2 aromatic heterocycles. The van der Waals surface area contributed by atoms with Crippen LogP contribution in [0.25, 0.3) is 10.8 Å².